The molecule has 1 atom stereocenters. The Bertz CT molecular complexity index is 643. The highest BCUT2D eigenvalue weighted by Crippen LogP contribution is 2.31. The summed E-state index contributed by atoms with van der Waals surface area (Å²) in [5.41, 5.74) is 1.95. The smallest absolute Gasteiger partial charge is 0.354 e. The van der Waals surface area contributed by atoms with Crippen LogP contribution in [0.15, 0.2) is 0 Å². The summed E-state index contributed by atoms with van der Waals surface area (Å²) < 4.78 is 4.73. The average Bonchev–Trinajstić information content (AvgIpc) is 3.27. The molecule has 6 nitrogen and oxygen atoms in total. The van der Waals surface area contributed by atoms with Gasteiger partial charge in [0.05, 0.1) is 13.2 Å². The molecule has 0 aromatic carbocycles. The fraction of sp³-hybridized carbons (Fsp3) is 0.588. The standard InChI is InChI=1S/C17H24N2O4/c1-9-14(10(2)18-15(9)17(22)23-5)16(21)11(3)19(12(4)20)8-13-6-7-13/h11,13,18H,6-8H2,1-5H3/t11-/m1/s1. The molecular formula is C17H24N2O4. The van der Waals surface area contributed by atoms with Gasteiger partial charge in [0.2, 0.25) is 5.91 Å². The first-order valence-corrected chi connectivity index (χ1v) is 7.86. The van der Waals surface area contributed by atoms with Crippen LogP contribution in [0.4, 0.5) is 0 Å². The maximum absolute atomic E-state index is 12.9. The molecule has 0 aliphatic heterocycles. The molecule has 1 saturated carbocycles. The Morgan fingerprint density at radius 3 is 2.39 bits per heavy atom. The van der Waals surface area contributed by atoms with Gasteiger partial charge in [0.25, 0.3) is 0 Å². The van der Waals surface area contributed by atoms with E-state index in [0.717, 1.165) is 12.8 Å². The van der Waals surface area contributed by atoms with Crippen molar-refractivity contribution < 1.29 is 19.1 Å². The number of aryl methyl sites for hydroxylation is 1. The highest BCUT2D eigenvalue weighted by Gasteiger charge is 2.33. The van der Waals surface area contributed by atoms with Crippen molar-refractivity contribution in [3.05, 3.63) is 22.5 Å². The molecule has 1 heterocycles. The van der Waals surface area contributed by atoms with Gasteiger partial charge >= 0.3 is 5.97 Å². The molecule has 0 unspecified atom stereocenters. The molecule has 0 saturated heterocycles. The van der Waals surface area contributed by atoms with Crippen molar-refractivity contribution in [3.63, 3.8) is 0 Å². The minimum Gasteiger partial charge on any atom is -0.464 e. The number of hydrogen-bond donors (Lipinski definition) is 1. The first-order chi connectivity index (χ1) is 10.8. The summed E-state index contributed by atoms with van der Waals surface area (Å²) in [6, 6.07) is -0.549. The summed E-state index contributed by atoms with van der Waals surface area (Å²) in [5.74, 6) is -0.244. The van der Waals surface area contributed by atoms with Gasteiger partial charge in [-0.25, -0.2) is 4.79 Å². The lowest BCUT2D eigenvalue weighted by atomic mass is 9.99. The van der Waals surface area contributed by atoms with Crippen LogP contribution in [0.5, 0.6) is 0 Å². The van der Waals surface area contributed by atoms with Crippen LogP contribution in [-0.2, 0) is 9.53 Å². The van der Waals surface area contributed by atoms with E-state index in [1.807, 2.05) is 0 Å². The van der Waals surface area contributed by atoms with Crippen molar-refractivity contribution in [2.45, 2.75) is 46.6 Å². The molecule has 1 amide bonds. The summed E-state index contributed by atoms with van der Waals surface area (Å²) >= 11 is 0. The van der Waals surface area contributed by atoms with E-state index in [1.54, 1.807) is 25.7 Å². The van der Waals surface area contributed by atoms with Crippen molar-refractivity contribution in [1.29, 1.82) is 0 Å². The van der Waals surface area contributed by atoms with Gasteiger partial charge in [-0.3, -0.25) is 9.59 Å². The normalized spacial score (nSPS) is 15.2. The van der Waals surface area contributed by atoms with E-state index >= 15 is 0 Å². The third-order valence-corrected chi connectivity index (χ3v) is 4.48. The van der Waals surface area contributed by atoms with Crippen molar-refractivity contribution in [1.82, 2.24) is 9.88 Å². The predicted octanol–water partition coefficient (Wildman–Crippen LogP) is 2.25. The second-order valence-corrected chi connectivity index (χ2v) is 6.27. The van der Waals surface area contributed by atoms with Gasteiger partial charge in [0.1, 0.15) is 5.69 Å². The van der Waals surface area contributed by atoms with E-state index in [-0.39, 0.29) is 17.4 Å². The topological polar surface area (TPSA) is 79.5 Å². The van der Waals surface area contributed by atoms with Crippen molar-refractivity contribution in [2.75, 3.05) is 13.7 Å². The summed E-state index contributed by atoms with van der Waals surface area (Å²) in [6.07, 6.45) is 2.22. The molecule has 1 aliphatic rings. The largest absolute Gasteiger partial charge is 0.464 e. The number of amides is 1. The van der Waals surface area contributed by atoms with Gasteiger partial charge in [-0.05, 0) is 45.1 Å². The number of aromatic amines is 1. The number of ketones is 1. The Balaban J connectivity index is 2.29. The monoisotopic (exact) mass is 320 g/mol. The molecule has 1 N–H and O–H groups in total. The zero-order chi connectivity index (χ0) is 17.3. The fourth-order valence-electron chi connectivity index (χ4n) is 2.91. The number of Topliss-reactive ketones (excluding diaryl/α,β-unsaturated/α-hetero) is 1. The SMILES string of the molecule is COC(=O)c1[nH]c(C)c(C(=O)[C@@H](C)N(CC2CC2)C(C)=O)c1C. The third kappa shape index (κ3) is 3.46. The summed E-state index contributed by atoms with van der Waals surface area (Å²) in [5, 5.41) is 0. The van der Waals surface area contributed by atoms with Crippen LogP contribution in [0.25, 0.3) is 0 Å². The molecule has 0 radical (unpaired) electrons. The van der Waals surface area contributed by atoms with Gasteiger partial charge in [-0.1, -0.05) is 0 Å². The molecular weight excluding hydrogens is 296 g/mol. The number of H-pyrrole nitrogens is 1. The van der Waals surface area contributed by atoms with Crippen LogP contribution in [0, 0.1) is 19.8 Å². The number of carbonyl (C=O) groups is 3. The van der Waals surface area contributed by atoms with Gasteiger partial charge in [0.15, 0.2) is 5.78 Å². The number of hydrogen-bond acceptors (Lipinski definition) is 4. The van der Waals surface area contributed by atoms with Crippen LogP contribution < -0.4 is 0 Å². The van der Waals surface area contributed by atoms with Gasteiger partial charge in [-0.15, -0.1) is 0 Å². The lowest BCUT2D eigenvalue weighted by molar-refractivity contribution is -0.130. The molecule has 1 aromatic rings. The molecule has 126 valence electrons. The first kappa shape index (κ1) is 17.2. The fourth-order valence-corrected chi connectivity index (χ4v) is 2.91. The first-order valence-electron chi connectivity index (χ1n) is 7.86. The van der Waals surface area contributed by atoms with Crippen LogP contribution in [0.3, 0.4) is 0 Å². The lowest BCUT2D eigenvalue weighted by Crippen LogP contribution is -2.43. The van der Waals surface area contributed by atoms with Gasteiger partial charge < -0.3 is 14.6 Å². The van der Waals surface area contributed by atoms with Crippen molar-refractivity contribution in [3.8, 4) is 0 Å². The summed E-state index contributed by atoms with van der Waals surface area (Å²) in [6.45, 7) is 7.32. The van der Waals surface area contributed by atoms with Crippen LogP contribution >= 0.6 is 0 Å². The third-order valence-electron chi connectivity index (χ3n) is 4.48. The quantitative estimate of drug-likeness (QED) is 0.644. The van der Waals surface area contributed by atoms with E-state index in [9.17, 15) is 14.4 Å². The predicted molar refractivity (Wildman–Crippen MR) is 85.5 cm³/mol. The Morgan fingerprint density at radius 1 is 1.30 bits per heavy atom. The maximum atomic E-state index is 12.9. The average molecular weight is 320 g/mol. The van der Waals surface area contributed by atoms with Gasteiger partial charge in [0, 0.05) is 24.7 Å². The molecule has 0 bridgehead atoms. The van der Waals surface area contributed by atoms with E-state index in [0.29, 0.717) is 29.3 Å². The summed E-state index contributed by atoms with van der Waals surface area (Å²) in [7, 11) is 1.30. The Labute approximate surface area is 136 Å². The second-order valence-electron chi connectivity index (χ2n) is 6.27. The van der Waals surface area contributed by atoms with Crippen LogP contribution in [0.1, 0.15) is 58.8 Å². The zero-order valence-corrected chi connectivity index (χ0v) is 14.4. The number of nitrogens with one attached hydrogen (secondary N) is 1. The minimum absolute atomic E-state index is 0.100. The Kier molecular flexibility index (Phi) is 4.92. The van der Waals surface area contributed by atoms with Crippen LogP contribution in [0.2, 0.25) is 0 Å². The highest BCUT2D eigenvalue weighted by atomic mass is 16.5. The zero-order valence-electron chi connectivity index (χ0n) is 14.4. The number of esters is 1. The number of methoxy groups -OCH3 is 1. The van der Waals surface area contributed by atoms with E-state index < -0.39 is 12.0 Å². The number of aromatic nitrogens is 1. The maximum Gasteiger partial charge on any atom is 0.354 e. The second kappa shape index (κ2) is 6.56. The van der Waals surface area contributed by atoms with E-state index in [4.69, 9.17) is 4.74 Å². The van der Waals surface area contributed by atoms with E-state index in [2.05, 4.69) is 4.98 Å². The molecule has 1 aliphatic carbocycles. The number of nitrogens with zero attached hydrogens (tertiary/aromatic N) is 1. The molecule has 23 heavy (non-hydrogen) atoms. The number of ether oxygens (including phenoxy) is 1. The molecule has 0 spiro atoms. The van der Waals surface area contributed by atoms with Crippen LogP contribution in [-0.4, -0.2) is 47.2 Å². The number of rotatable bonds is 6. The summed E-state index contributed by atoms with van der Waals surface area (Å²) in [4.78, 5) is 41.1. The molecule has 1 fully saturated rings. The van der Waals surface area contributed by atoms with Crippen molar-refractivity contribution >= 4 is 17.7 Å². The Hall–Kier alpha value is -2.11. The highest BCUT2D eigenvalue weighted by molar-refractivity contribution is 6.06. The molecule has 2 rings (SSSR count). The van der Waals surface area contributed by atoms with Gasteiger partial charge in [-0.2, -0.15) is 0 Å². The van der Waals surface area contributed by atoms with Crippen molar-refractivity contribution in [2.24, 2.45) is 5.92 Å². The number of carbonyl (C=O) groups excluding carboxylic acids is 3. The minimum atomic E-state index is -0.549. The molecule has 6 heteroatoms. The van der Waals surface area contributed by atoms with E-state index in [1.165, 1.54) is 14.0 Å². The Morgan fingerprint density at radius 2 is 1.91 bits per heavy atom. The molecule has 1 aromatic heterocycles. The lowest BCUT2D eigenvalue weighted by Gasteiger charge is -2.27.